The summed E-state index contributed by atoms with van der Waals surface area (Å²) in [6.07, 6.45) is 1.26. The average molecular weight is 711 g/mol. The number of ether oxygens (including phenoxy) is 2. The number of halogens is 3. The van der Waals surface area contributed by atoms with Gasteiger partial charge in [0.05, 0.1) is 38.9 Å². The number of piperazine rings is 1. The molecule has 0 aliphatic carbocycles. The molecule has 262 valence electrons. The molecule has 2 aliphatic rings. The molecule has 2 fully saturated rings. The highest BCUT2D eigenvalue weighted by Gasteiger charge is 2.28. The average Bonchev–Trinajstić information content (AvgIpc) is 3.38. The Labute approximate surface area is 269 Å². The van der Waals surface area contributed by atoms with Crippen LogP contribution in [0.1, 0.15) is 24.5 Å². The molecule has 0 aromatic carbocycles. The van der Waals surface area contributed by atoms with Gasteiger partial charge in [0, 0.05) is 62.8 Å². The number of morpholine rings is 1. The van der Waals surface area contributed by atoms with Crippen LogP contribution in [0.15, 0.2) is 24.5 Å². The Morgan fingerprint density at radius 3 is 2.38 bits per heavy atom. The number of hydrogen-bond acceptors (Lipinski definition) is 12. The van der Waals surface area contributed by atoms with Gasteiger partial charge in [-0.05, 0) is 24.6 Å². The maximum absolute atomic E-state index is 14.2. The van der Waals surface area contributed by atoms with Crippen LogP contribution in [0.5, 0.6) is 0 Å². The van der Waals surface area contributed by atoms with Crippen molar-refractivity contribution in [3.8, 4) is 11.4 Å². The third-order valence-corrected chi connectivity index (χ3v) is 8.48. The molecule has 5 heterocycles. The van der Waals surface area contributed by atoms with Crippen LogP contribution in [0.4, 0.5) is 29.9 Å². The number of sulfonamides is 1. The van der Waals surface area contributed by atoms with Crippen molar-refractivity contribution < 1.29 is 49.1 Å². The van der Waals surface area contributed by atoms with Crippen molar-refractivity contribution in [3.63, 3.8) is 0 Å². The second-order valence-electron chi connectivity index (χ2n) is 10.8. The van der Waals surface area contributed by atoms with E-state index in [0.717, 1.165) is 18.7 Å². The zero-order valence-corrected chi connectivity index (χ0v) is 27.7. The van der Waals surface area contributed by atoms with E-state index in [1.54, 1.807) is 4.52 Å². The van der Waals surface area contributed by atoms with Gasteiger partial charge < -0.3 is 14.4 Å². The van der Waals surface area contributed by atoms with E-state index < -0.39 is 32.7 Å². The first kappa shape index (κ1) is 37.8. The summed E-state index contributed by atoms with van der Waals surface area (Å²) in [5.74, 6) is 0.552. The number of carbonyl (C=O) groups excluding carboxylic acids is 1. The second kappa shape index (κ2) is 15.5. The number of rotatable bonds is 7. The van der Waals surface area contributed by atoms with Crippen molar-refractivity contribution in [2.24, 2.45) is 0 Å². The molecular weight excluding hydrogens is 673 g/mol. The van der Waals surface area contributed by atoms with Gasteiger partial charge in [-0.25, -0.2) is 36.5 Å². The number of methoxy groups -OCH3 is 1. The number of alkyl halides is 2. The minimum absolute atomic E-state index is 0. The summed E-state index contributed by atoms with van der Waals surface area (Å²) in [7, 11) is -5.74. The Bertz CT molecular complexity index is 1760. The number of carbonyl (C=O) groups is 1. The number of amides is 1. The molecule has 5 rings (SSSR count). The van der Waals surface area contributed by atoms with Gasteiger partial charge in [-0.2, -0.15) is 12.7 Å². The Hall–Kier alpha value is -3.63. The maximum Gasteiger partial charge on any atom is 0.412 e. The van der Waals surface area contributed by atoms with Gasteiger partial charge in [0.25, 0.3) is 16.5 Å². The molecule has 0 unspecified atom stereocenters. The lowest BCUT2D eigenvalue weighted by molar-refractivity contribution is 0.0986. The van der Waals surface area contributed by atoms with E-state index in [-0.39, 0.29) is 33.5 Å². The number of anilines is 2. The van der Waals surface area contributed by atoms with E-state index in [1.165, 1.54) is 16.8 Å². The smallest absolute Gasteiger partial charge is 0.412 e. The van der Waals surface area contributed by atoms with Gasteiger partial charge in [-0.15, -0.1) is 5.10 Å². The molecular formula is C26H37F3N8O8S2. The number of nitrogens with one attached hydrogen (secondary N) is 1. The highest BCUT2D eigenvalue weighted by molar-refractivity contribution is 7.88. The topological polar surface area (TPSA) is 189 Å². The van der Waals surface area contributed by atoms with Crippen LogP contribution in [0.2, 0.25) is 0 Å². The first-order chi connectivity index (χ1) is 21.5. The fraction of sp³-hybridized carbons (Fsp3) is 0.538. The highest BCUT2D eigenvalue weighted by atomic mass is 32.2. The number of fused-ring (bicyclic) bond motifs is 1. The molecule has 2 aliphatic heterocycles. The molecule has 1 amide bonds. The maximum atomic E-state index is 14.2. The van der Waals surface area contributed by atoms with E-state index in [0.29, 0.717) is 70.1 Å². The standard InChI is InChI=1S/C25H32F2N8O5S.CH4O3S.FH/c1-16-15-40-9-8-34(16)24-20-10-17(13-32-4-6-33(7-5-32)41(3,37)38)14-35(20)31-23(30-24)19-12-28-21(29-25(36)39-2)11-18(19)22(26)27;1-5(2,3)4;/h10-12,14,16,22H,4-9,13,15H2,1-3H3,(H,28,29,36);1H3,(H,2,3,4);1H/t16-;;/m0../s1. The van der Waals surface area contributed by atoms with Crippen LogP contribution in [0.3, 0.4) is 0 Å². The van der Waals surface area contributed by atoms with Gasteiger partial charge in [-0.3, -0.25) is 19.5 Å². The van der Waals surface area contributed by atoms with E-state index in [4.69, 9.17) is 14.3 Å². The van der Waals surface area contributed by atoms with Gasteiger partial charge in [-0.1, -0.05) is 0 Å². The van der Waals surface area contributed by atoms with Crippen molar-refractivity contribution in [2.75, 3.05) is 75.8 Å². The molecule has 3 aromatic heterocycles. The Morgan fingerprint density at radius 2 is 1.81 bits per heavy atom. The van der Waals surface area contributed by atoms with Crippen molar-refractivity contribution in [3.05, 3.63) is 35.7 Å². The van der Waals surface area contributed by atoms with Gasteiger partial charge in [0.2, 0.25) is 10.0 Å². The number of hydrogen-bond donors (Lipinski definition) is 2. The first-order valence-electron chi connectivity index (χ1n) is 14.0. The van der Waals surface area contributed by atoms with Crippen LogP contribution < -0.4 is 10.2 Å². The summed E-state index contributed by atoms with van der Waals surface area (Å²) in [5.41, 5.74) is 1.29. The van der Waals surface area contributed by atoms with E-state index >= 15 is 0 Å². The molecule has 0 radical (unpaired) electrons. The molecule has 1 atom stereocenters. The van der Waals surface area contributed by atoms with Crippen molar-refractivity contribution in [2.45, 2.75) is 25.9 Å². The van der Waals surface area contributed by atoms with Gasteiger partial charge >= 0.3 is 6.09 Å². The molecule has 0 spiro atoms. The van der Waals surface area contributed by atoms with E-state index in [1.807, 2.05) is 19.2 Å². The van der Waals surface area contributed by atoms with Crippen LogP contribution in [0, 0.1) is 0 Å². The fourth-order valence-corrected chi connectivity index (χ4v) is 5.86. The highest BCUT2D eigenvalue weighted by Crippen LogP contribution is 2.33. The van der Waals surface area contributed by atoms with Crippen molar-refractivity contribution >= 4 is 43.4 Å². The van der Waals surface area contributed by atoms with E-state index in [2.05, 4.69) is 29.9 Å². The minimum Gasteiger partial charge on any atom is -0.453 e. The summed E-state index contributed by atoms with van der Waals surface area (Å²) in [4.78, 5) is 24.7. The molecule has 2 saturated heterocycles. The molecule has 21 heteroatoms. The van der Waals surface area contributed by atoms with Crippen LogP contribution in [0.25, 0.3) is 16.9 Å². The molecule has 0 bridgehead atoms. The van der Waals surface area contributed by atoms with Crippen molar-refractivity contribution in [1.29, 1.82) is 0 Å². The lowest BCUT2D eigenvalue weighted by atomic mass is 10.1. The van der Waals surface area contributed by atoms with Gasteiger partial charge in [0.1, 0.15) is 11.3 Å². The molecule has 2 N–H and O–H groups in total. The van der Waals surface area contributed by atoms with Crippen LogP contribution in [-0.2, 0) is 36.2 Å². The largest absolute Gasteiger partial charge is 0.453 e. The lowest BCUT2D eigenvalue weighted by Crippen LogP contribution is -2.47. The quantitative estimate of drug-likeness (QED) is 0.339. The summed E-state index contributed by atoms with van der Waals surface area (Å²) >= 11 is 0. The fourth-order valence-electron chi connectivity index (χ4n) is 5.03. The summed E-state index contributed by atoms with van der Waals surface area (Å²) in [5, 5.41) is 6.89. The van der Waals surface area contributed by atoms with E-state index in [9.17, 15) is 30.4 Å². The normalized spacial score (nSPS) is 18.0. The lowest BCUT2D eigenvalue weighted by Gasteiger charge is -2.34. The second-order valence-corrected chi connectivity index (χ2v) is 14.2. The monoisotopic (exact) mass is 710 g/mol. The Kier molecular flexibility index (Phi) is 12.5. The molecule has 3 aromatic rings. The summed E-state index contributed by atoms with van der Waals surface area (Å²) in [6, 6.07) is 3.04. The third-order valence-electron chi connectivity index (χ3n) is 7.17. The SMILES string of the molecule is COC(=O)Nc1cc(C(F)F)c(-c2nc(N3CCOC[C@@H]3C)c3cc(CN4CCN(S(C)(=O)=O)CC4)cn3n2)cn1.CS(=O)(=O)O.F. The predicted molar refractivity (Wildman–Crippen MR) is 166 cm³/mol. The first-order valence-corrected chi connectivity index (χ1v) is 17.7. The van der Waals surface area contributed by atoms with Crippen molar-refractivity contribution in [1.82, 2.24) is 28.8 Å². The zero-order valence-electron chi connectivity index (χ0n) is 26.0. The predicted octanol–water partition coefficient (Wildman–Crippen LogP) is 1.87. The van der Waals surface area contributed by atoms with Crippen LogP contribution in [-0.4, -0.2) is 128 Å². The summed E-state index contributed by atoms with van der Waals surface area (Å²) < 4.78 is 91.3. The number of nitrogens with zero attached hydrogens (tertiary/aromatic N) is 7. The minimum atomic E-state index is -3.67. The number of aromatic nitrogens is 4. The third kappa shape index (κ3) is 10.2. The Morgan fingerprint density at radius 1 is 1.15 bits per heavy atom. The van der Waals surface area contributed by atoms with Crippen LogP contribution >= 0.6 is 0 Å². The number of pyridine rings is 1. The van der Waals surface area contributed by atoms with Gasteiger partial charge in [0.15, 0.2) is 11.6 Å². The zero-order chi connectivity index (χ0) is 33.8. The molecule has 0 saturated carbocycles. The Balaban J connectivity index is 0.000000930. The summed E-state index contributed by atoms with van der Waals surface area (Å²) in [6.45, 7) is 6.09. The molecule has 47 heavy (non-hydrogen) atoms. The molecule has 16 nitrogen and oxygen atoms in total.